The van der Waals surface area contributed by atoms with Crippen LogP contribution in [-0.4, -0.2) is 50.2 Å². The highest BCUT2D eigenvalue weighted by atomic mass is 16.5. The van der Waals surface area contributed by atoms with Gasteiger partial charge >= 0.3 is 11.8 Å². The predicted molar refractivity (Wildman–Crippen MR) is 160 cm³/mol. The van der Waals surface area contributed by atoms with Gasteiger partial charge in [0, 0.05) is 28.6 Å². The molecule has 1 saturated heterocycles. The molecule has 5 aromatic rings. The fourth-order valence-electron chi connectivity index (χ4n) is 5.06. The van der Waals surface area contributed by atoms with E-state index >= 15 is 0 Å². The van der Waals surface area contributed by atoms with E-state index in [0.717, 1.165) is 76.4 Å². The van der Waals surface area contributed by atoms with Gasteiger partial charge in [0.25, 0.3) is 0 Å². The molecular formula is C32H35N7O3. The summed E-state index contributed by atoms with van der Waals surface area (Å²) >= 11 is 0. The van der Waals surface area contributed by atoms with Crippen molar-refractivity contribution in [3.05, 3.63) is 77.7 Å². The van der Waals surface area contributed by atoms with Gasteiger partial charge in [0.2, 0.25) is 0 Å². The predicted octanol–water partition coefficient (Wildman–Crippen LogP) is 5.34. The number of carbonyl (C=O) groups excluding carboxylic acids is 1. The maximum absolute atomic E-state index is 12.6. The van der Waals surface area contributed by atoms with E-state index in [1.165, 1.54) is 0 Å². The number of piperidine rings is 1. The number of ether oxygens (including phenoxy) is 1. The Labute approximate surface area is 244 Å². The molecule has 1 fully saturated rings. The lowest BCUT2D eigenvalue weighted by molar-refractivity contribution is 0.0907. The summed E-state index contributed by atoms with van der Waals surface area (Å²) in [5.41, 5.74) is 6.31. The van der Waals surface area contributed by atoms with Crippen LogP contribution >= 0.6 is 0 Å². The van der Waals surface area contributed by atoms with Crippen molar-refractivity contribution in [1.82, 2.24) is 35.7 Å². The fraction of sp³-hybridized carbons (Fsp3) is 0.344. The summed E-state index contributed by atoms with van der Waals surface area (Å²) in [4.78, 5) is 29.4. The summed E-state index contributed by atoms with van der Waals surface area (Å²) in [6, 6.07) is 16.4. The summed E-state index contributed by atoms with van der Waals surface area (Å²) in [7, 11) is 0. The number of H-pyrrole nitrogens is 1. The number of nitrogens with zero attached hydrogens (tertiary/aromatic N) is 4. The van der Waals surface area contributed by atoms with Gasteiger partial charge in [-0.25, -0.2) is 9.97 Å². The number of nitrogens with one attached hydrogen (secondary N) is 3. The number of hydrogen-bond donors (Lipinski definition) is 3. The normalized spacial score (nSPS) is 14.3. The number of rotatable bonds is 7. The molecule has 42 heavy (non-hydrogen) atoms. The number of amides is 1. The van der Waals surface area contributed by atoms with E-state index in [1.54, 1.807) is 6.33 Å². The summed E-state index contributed by atoms with van der Waals surface area (Å²) in [6.07, 6.45) is 3.90. The molecule has 0 saturated carbocycles. The molecule has 0 unspecified atom stereocenters. The molecule has 1 aliphatic rings. The van der Waals surface area contributed by atoms with Gasteiger partial charge in [0.1, 0.15) is 23.8 Å². The van der Waals surface area contributed by atoms with Gasteiger partial charge in [-0.15, -0.1) is 0 Å². The van der Waals surface area contributed by atoms with Crippen molar-refractivity contribution in [2.45, 2.75) is 58.6 Å². The van der Waals surface area contributed by atoms with Crippen LogP contribution in [0.15, 0.2) is 59.4 Å². The van der Waals surface area contributed by atoms with Gasteiger partial charge in [-0.05, 0) is 85.9 Å². The Hall–Kier alpha value is -4.57. The third-order valence-corrected chi connectivity index (χ3v) is 7.53. The molecule has 0 radical (unpaired) electrons. The SMILES string of the molecule is Cc1cc(-c2ncnc3[nH]c(-c4ccc(OC5CCNCC5)cc4)cc23)ccc1CNC(=O)c1nc(C(C)(C)C)no1. The highest BCUT2D eigenvalue weighted by Gasteiger charge is 2.24. The monoisotopic (exact) mass is 565 g/mol. The van der Waals surface area contributed by atoms with E-state index in [9.17, 15) is 4.79 Å². The molecule has 0 atom stereocenters. The van der Waals surface area contributed by atoms with Crippen molar-refractivity contribution in [3.8, 4) is 28.3 Å². The Kier molecular flexibility index (Phi) is 7.47. The van der Waals surface area contributed by atoms with E-state index in [1.807, 2.05) is 52.0 Å². The Morgan fingerprint density at radius 3 is 2.52 bits per heavy atom. The minimum Gasteiger partial charge on any atom is -0.490 e. The van der Waals surface area contributed by atoms with Crippen molar-refractivity contribution < 1.29 is 14.1 Å². The number of fused-ring (bicyclic) bond motifs is 1. The van der Waals surface area contributed by atoms with Crippen LogP contribution in [0.5, 0.6) is 5.75 Å². The van der Waals surface area contributed by atoms with E-state index in [0.29, 0.717) is 12.4 Å². The zero-order chi connectivity index (χ0) is 29.3. The van der Waals surface area contributed by atoms with Crippen molar-refractivity contribution in [3.63, 3.8) is 0 Å². The van der Waals surface area contributed by atoms with Crippen LogP contribution in [-0.2, 0) is 12.0 Å². The Bertz CT molecular complexity index is 1710. The summed E-state index contributed by atoms with van der Waals surface area (Å²) in [5, 5.41) is 11.1. The highest BCUT2D eigenvalue weighted by Crippen LogP contribution is 2.31. The van der Waals surface area contributed by atoms with Crippen LogP contribution in [0, 0.1) is 6.92 Å². The number of aromatic amines is 1. The fourth-order valence-corrected chi connectivity index (χ4v) is 5.06. The maximum atomic E-state index is 12.6. The second kappa shape index (κ2) is 11.4. The van der Waals surface area contributed by atoms with Crippen molar-refractivity contribution in [2.75, 3.05) is 13.1 Å². The van der Waals surface area contributed by atoms with E-state index < -0.39 is 5.91 Å². The Balaban J connectivity index is 1.17. The van der Waals surface area contributed by atoms with Gasteiger partial charge in [-0.1, -0.05) is 38.1 Å². The number of benzene rings is 2. The molecule has 10 nitrogen and oxygen atoms in total. The molecule has 2 aromatic carbocycles. The third kappa shape index (κ3) is 5.89. The van der Waals surface area contributed by atoms with Gasteiger partial charge in [0.15, 0.2) is 5.82 Å². The highest BCUT2D eigenvalue weighted by molar-refractivity contribution is 5.94. The lowest BCUT2D eigenvalue weighted by Crippen LogP contribution is -2.34. The molecular weight excluding hydrogens is 530 g/mol. The Morgan fingerprint density at radius 2 is 1.81 bits per heavy atom. The first-order valence-corrected chi connectivity index (χ1v) is 14.3. The van der Waals surface area contributed by atoms with E-state index in [-0.39, 0.29) is 17.4 Å². The van der Waals surface area contributed by atoms with Crippen molar-refractivity contribution in [1.29, 1.82) is 0 Å². The zero-order valence-electron chi connectivity index (χ0n) is 24.3. The first kappa shape index (κ1) is 27.6. The molecule has 6 rings (SSSR count). The van der Waals surface area contributed by atoms with Crippen LogP contribution in [0.25, 0.3) is 33.5 Å². The lowest BCUT2D eigenvalue weighted by atomic mass is 9.96. The van der Waals surface area contributed by atoms with Crippen LogP contribution < -0.4 is 15.4 Å². The summed E-state index contributed by atoms with van der Waals surface area (Å²) in [5.74, 6) is 0.950. The largest absolute Gasteiger partial charge is 0.490 e. The smallest absolute Gasteiger partial charge is 0.315 e. The molecule has 1 aliphatic heterocycles. The number of aryl methyl sites for hydroxylation is 1. The van der Waals surface area contributed by atoms with Crippen LogP contribution in [0.4, 0.5) is 0 Å². The molecule has 0 spiro atoms. The van der Waals surface area contributed by atoms with Crippen molar-refractivity contribution in [2.24, 2.45) is 0 Å². The Morgan fingerprint density at radius 1 is 1.05 bits per heavy atom. The van der Waals surface area contributed by atoms with Gasteiger partial charge in [-0.2, -0.15) is 4.98 Å². The molecule has 216 valence electrons. The van der Waals surface area contributed by atoms with Crippen LogP contribution in [0.3, 0.4) is 0 Å². The van der Waals surface area contributed by atoms with Crippen LogP contribution in [0.1, 0.15) is 61.2 Å². The van der Waals surface area contributed by atoms with E-state index in [2.05, 4.69) is 60.0 Å². The first-order valence-electron chi connectivity index (χ1n) is 14.3. The number of hydrogen-bond acceptors (Lipinski definition) is 8. The number of aromatic nitrogens is 5. The second-order valence-electron chi connectivity index (χ2n) is 11.8. The molecule has 0 bridgehead atoms. The summed E-state index contributed by atoms with van der Waals surface area (Å²) < 4.78 is 11.3. The molecule has 10 heteroatoms. The average Bonchev–Trinajstić information content (AvgIpc) is 3.66. The van der Waals surface area contributed by atoms with Crippen LogP contribution in [0.2, 0.25) is 0 Å². The topological polar surface area (TPSA) is 131 Å². The zero-order valence-corrected chi connectivity index (χ0v) is 24.3. The summed E-state index contributed by atoms with van der Waals surface area (Å²) in [6.45, 7) is 10.3. The molecule has 3 aromatic heterocycles. The lowest BCUT2D eigenvalue weighted by Gasteiger charge is -2.23. The maximum Gasteiger partial charge on any atom is 0.315 e. The minimum atomic E-state index is -0.398. The molecule has 3 N–H and O–H groups in total. The van der Waals surface area contributed by atoms with Gasteiger partial charge in [-0.3, -0.25) is 4.79 Å². The second-order valence-corrected chi connectivity index (χ2v) is 11.8. The third-order valence-electron chi connectivity index (χ3n) is 7.53. The molecule has 4 heterocycles. The van der Waals surface area contributed by atoms with E-state index in [4.69, 9.17) is 9.26 Å². The minimum absolute atomic E-state index is 0.0372. The first-order chi connectivity index (χ1) is 20.2. The standard InChI is InChI=1S/C32H35N7O3/c1-19-15-21(5-6-22(19)17-34-29(40)30-38-31(39-42-30)32(2,3)4)27-25-16-26(37-28(25)36-18-35-27)20-7-9-23(10-8-20)41-24-11-13-33-14-12-24/h5-10,15-16,18,24,33H,11-14,17H2,1-4H3,(H,34,40)(H,35,36,37). The van der Waals surface area contributed by atoms with Gasteiger partial charge in [0.05, 0.1) is 5.69 Å². The molecule has 1 amide bonds. The quantitative estimate of drug-likeness (QED) is 0.241. The molecule has 0 aliphatic carbocycles. The van der Waals surface area contributed by atoms with Gasteiger partial charge < -0.3 is 24.9 Å². The van der Waals surface area contributed by atoms with Crippen molar-refractivity contribution >= 4 is 16.9 Å². The average molecular weight is 566 g/mol. The number of carbonyl (C=O) groups is 1.